The molecule has 2 saturated heterocycles. The number of likely N-dealkylation sites (tertiary alicyclic amines) is 1. The maximum Gasteiger partial charge on any atom is 0.253 e. The van der Waals surface area contributed by atoms with E-state index >= 15 is 0 Å². The number of carbonyl (C=O) groups is 1. The Balaban J connectivity index is 1.46. The van der Waals surface area contributed by atoms with Gasteiger partial charge in [0.15, 0.2) is 0 Å². The van der Waals surface area contributed by atoms with Crippen LogP contribution >= 0.6 is 0 Å². The van der Waals surface area contributed by atoms with Gasteiger partial charge in [-0.1, -0.05) is 24.3 Å². The number of amides is 1. The highest BCUT2D eigenvalue weighted by Gasteiger charge is 2.41. The number of halogens is 1. The third-order valence-corrected chi connectivity index (χ3v) is 5.74. The van der Waals surface area contributed by atoms with Crippen LogP contribution in [0.2, 0.25) is 0 Å². The Labute approximate surface area is 164 Å². The zero-order valence-corrected chi connectivity index (χ0v) is 15.8. The average molecular weight is 384 g/mol. The average Bonchev–Trinajstić information content (AvgIpc) is 2.88. The summed E-state index contributed by atoms with van der Waals surface area (Å²) in [6, 6.07) is 13.6. The van der Waals surface area contributed by atoms with Crippen LogP contribution in [0.25, 0.3) is 0 Å². The first-order valence-corrected chi connectivity index (χ1v) is 9.74. The summed E-state index contributed by atoms with van der Waals surface area (Å²) in [6.07, 6.45) is 2.59. The largest absolute Gasteiger partial charge is 0.508 e. The smallest absolute Gasteiger partial charge is 0.253 e. The second-order valence-electron chi connectivity index (χ2n) is 7.69. The number of rotatable bonds is 3. The normalized spacial score (nSPS) is 23.8. The number of ether oxygens (including phenoxy) is 1. The molecule has 0 radical (unpaired) electrons. The lowest BCUT2D eigenvalue weighted by Crippen LogP contribution is -2.55. The number of carbonyl (C=O) groups excluding carboxylic acids is 1. The van der Waals surface area contributed by atoms with Crippen molar-refractivity contribution in [1.29, 1.82) is 0 Å². The van der Waals surface area contributed by atoms with Gasteiger partial charge in [-0.25, -0.2) is 4.39 Å². The van der Waals surface area contributed by atoms with E-state index in [1.165, 1.54) is 12.1 Å². The number of nitrogens with zero attached hydrogens (tertiary/aromatic N) is 2. The summed E-state index contributed by atoms with van der Waals surface area (Å²) < 4.78 is 19.7. The predicted molar refractivity (Wildman–Crippen MR) is 105 cm³/mol. The van der Waals surface area contributed by atoms with Crippen LogP contribution in [0, 0.1) is 5.82 Å². The highest BCUT2D eigenvalue weighted by Crippen LogP contribution is 2.33. The Morgan fingerprint density at radius 2 is 1.96 bits per heavy atom. The lowest BCUT2D eigenvalue weighted by atomic mass is 9.92. The Hall–Kier alpha value is -2.44. The Morgan fingerprint density at radius 1 is 1.11 bits per heavy atom. The number of para-hydroxylation sites is 1. The number of benzene rings is 2. The Morgan fingerprint density at radius 3 is 2.79 bits per heavy atom. The Bertz CT molecular complexity index is 859. The summed E-state index contributed by atoms with van der Waals surface area (Å²) in [5.41, 5.74) is 1.09. The van der Waals surface area contributed by atoms with Crippen molar-refractivity contribution in [2.24, 2.45) is 0 Å². The molecule has 5 nitrogen and oxygen atoms in total. The number of phenols is 1. The van der Waals surface area contributed by atoms with E-state index in [1.54, 1.807) is 23.1 Å². The lowest BCUT2D eigenvalue weighted by molar-refractivity contribution is -0.140. The standard InChI is InChI=1S/C22H25FN2O3/c23-18-6-3-7-19(13-18)25-16-22(28-15-21(25)27)9-4-11-24(12-10-22)14-17-5-1-2-8-20(17)26/h1-3,5-8,13,26H,4,9-12,14-16H2. The molecule has 0 aliphatic carbocycles. The van der Waals surface area contributed by atoms with Crippen LogP contribution < -0.4 is 4.90 Å². The van der Waals surface area contributed by atoms with Crippen LogP contribution in [0.5, 0.6) is 5.75 Å². The summed E-state index contributed by atoms with van der Waals surface area (Å²) in [4.78, 5) is 16.4. The number of aromatic hydroxyl groups is 1. The van der Waals surface area contributed by atoms with Gasteiger partial charge in [-0.05, 0) is 50.1 Å². The number of phenolic OH excluding ortho intramolecular Hbond substituents is 1. The fraction of sp³-hybridized carbons (Fsp3) is 0.409. The molecule has 2 aromatic rings. The molecule has 0 saturated carbocycles. The summed E-state index contributed by atoms with van der Waals surface area (Å²) in [6.45, 7) is 2.89. The van der Waals surface area contributed by atoms with Gasteiger partial charge in [0, 0.05) is 24.3 Å². The van der Waals surface area contributed by atoms with Crippen LogP contribution in [-0.4, -0.2) is 47.8 Å². The van der Waals surface area contributed by atoms with Gasteiger partial charge in [0.05, 0.1) is 12.1 Å². The van der Waals surface area contributed by atoms with Gasteiger partial charge in [0.25, 0.3) is 5.91 Å². The minimum atomic E-state index is -0.409. The second kappa shape index (κ2) is 7.89. The van der Waals surface area contributed by atoms with Crippen molar-refractivity contribution in [1.82, 2.24) is 4.90 Å². The summed E-state index contributed by atoms with van der Waals surface area (Å²) in [5.74, 6) is -0.162. The maximum absolute atomic E-state index is 13.6. The number of anilines is 1. The first kappa shape index (κ1) is 18.9. The first-order chi connectivity index (χ1) is 13.5. The van der Waals surface area contributed by atoms with Crippen molar-refractivity contribution in [2.45, 2.75) is 31.4 Å². The molecule has 148 valence electrons. The molecule has 1 unspecified atom stereocenters. The Kier molecular flexibility index (Phi) is 5.33. The number of hydrogen-bond acceptors (Lipinski definition) is 4. The third kappa shape index (κ3) is 4.03. The maximum atomic E-state index is 13.6. The van der Waals surface area contributed by atoms with Crippen LogP contribution in [0.1, 0.15) is 24.8 Å². The van der Waals surface area contributed by atoms with Gasteiger partial charge in [-0.3, -0.25) is 9.69 Å². The topological polar surface area (TPSA) is 53.0 Å². The molecule has 2 aliphatic rings. The predicted octanol–water partition coefficient (Wildman–Crippen LogP) is 3.32. The highest BCUT2D eigenvalue weighted by atomic mass is 19.1. The van der Waals surface area contributed by atoms with Crippen molar-refractivity contribution in [3.8, 4) is 5.75 Å². The van der Waals surface area contributed by atoms with Crippen LogP contribution in [0.3, 0.4) is 0 Å². The van der Waals surface area contributed by atoms with Gasteiger partial charge in [0.1, 0.15) is 18.2 Å². The SMILES string of the molecule is O=C1COC2(CCCN(Cc3ccccc3O)CC2)CN1c1cccc(F)c1. The van der Waals surface area contributed by atoms with E-state index in [0.717, 1.165) is 37.9 Å². The summed E-state index contributed by atoms with van der Waals surface area (Å²) in [7, 11) is 0. The van der Waals surface area contributed by atoms with Gasteiger partial charge < -0.3 is 14.7 Å². The van der Waals surface area contributed by atoms with Crippen LogP contribution in [0.4, 0.5) is 10.1 Å². The number of hydrogen-bond donors (Lipinski definition) is 1. The fourth-order valence-corrected chi connectivity index (χ4v) is 4.16. The van der Waals surface area contributed by atoms with Gasteiger partial charge in [-0.2, -0.15) is 0 Å². The summed E-state index contributed by atoms with van der Waals surface area (Å²) >= 11 is 0. The molecule has 1 N–H and O–H groups in total. The van der Waals surface area contributed by atoms with E-state index in [-0.39, 0.29) is 18.3 Å². The minimum Gasteiger partial charge on any atom is -0.508 e. The molecular weight excluding hydrogens is 359 g/mol. The molecule has 0 bridgehead atoms. The van der Waals surface area contributed by atoms with Gasteiger partial charge in [-0.15, -0.1) is 0 Å². The van der Waals surface area contributed by atoms with Crippen molar-refractivity contribution in [3.63, 3.8) is 0 Å². The lowest BCUT2D eigenvalue weighted by Gasteiger charge is -2.42. The van der Waals surface area contributed by atoms with Crippen LogP contribution in [0.15, 0.2) is 48.5 Å². The minimum absolute atomic E-state index is 0.0238. The van der Waals surface area contributed by atoms with Crippen molar-refractivity contribution >= 4 is 11.6 Å². The van der Waals surface area contributed by atoms with Crippen molar-refractivity contribution in [3.05, 3.63) is 59.9 Å². The van der Waals surface area contributed by atoms with E-state index in [9.17, 15) is 14.3 Å². The summed E-state index contributed by atoms with van der Waals surface area (Å²) in [5, 5.41) is 10.0. The van der Waals surface area contributed by atoms with Crippen molar-refractivity contribution in [2.75, 3.05) is 31.1 Å². The molecule has 4 rings (SSSR count). The zero-order chi connectivity index (χ0) is 19.6. The van der Waals surface area contributed by atoms with E-state index in [1.807, 2.05) is 18.2 Å². The fourth-order valence-electron chi connectivity index (χ4n) is 4.16. The van der Waals surface area contributed by atoms with Crippen LogP contribution in [-0.2, 0) is 16.1 Å². The van der Waals surface area contributed by atoms with E-state index in [4.69, 9.17) is 4.74 Å². The molecule has 2 aromatic carbocycles. The van der Waals surface area contributed by atoms with E-state index in [0.29, 0.717) is 24.5 Å². The zero-order valence-electron chi connectivity index (χ0n) is 15.8. The molecule has 28 heavy (non-hydrogen) atoms. The molecule has 2 heterocycles. The molecule has 1 spiro atoms. The molecule has 0 aromatic heterocycles. The third-order valence-electron chi connectivity index (χ3n) is 5.74. The quantitative estimate of drug-likeness (QED) is 0.882. The first-order valence-electron chi connectivity index (χ1n) is 9.74. The second-order valence-corrected chi connectivity index (χ2v) is 7.69. The van der Waals surface area contributed by atoms with Gasteiger partial charge in [0.2, 0.25) is 0 Å². The van der Waals surface area contributed by atoms with E-state index < -0.39 is 5.60 Å². The van der Waals surface area contributed by atoms with Crippen molar-refractivity contribution < 1.29 is 19.0 Å². The van der Waals surface area contributed by atoms with Gasteiger partial charge >= 0.3 is 0 Å². The van der Waals surface area contributed by atoms with E-state index in [2.05, 4.69) is 4.90 Å². The number of morpholine rings is 1. The molecular formula is C22H25FN2O3. The molecule has 2 aliphatic heterocycles. The molecule has 2 fully saturated rings. The molecule has 1 atom stereocenters. The molecule has 6 heteroatoms. The highest BCUT2D eigenvalue weighted by molar-refractivity contribution is 5.95. The molecule has 1 amide bonds. The monoisotopic (exact) mass is 384 g/mol.